The van der Waals surface area contributed by atoms with Gasteiger partial charge in [-0.3, -0.25) is 14.3 Å². The van der Waals surface area contributed by atoms with Gasteiger partial charge in [-0.1, -0.05) is 27.7 Å². The Bertz CT molecular complexity index is 1450. The lowest BCUT2D eigenvalue weighted by atomic mass is 9.79. The number of nitrogens with zero attached hydrogens (tertiary/aromatic N) is 5. The number of carbonyl (C=O) groups is 2. The molecule has 9 nitrogen and oxygen atoms in total. The molecule has 2 atom stereocenters. The summed E-state index contributed by atoms with van der Waals surface area (Å²) in [5.41, 5.74) is -0.863. The molecule has 4 rings (SSSR count). The van der Waals surface area contributed by atoms with Crippen LogP contribution in [0.15, 0.2) is 30.7 Å². The molecule has 236 valence electrons. The number of hydrogen-bond acceptors (Lipinski definition) is 5. The second kappa shape index (κ2) is 11.8. The molecule has 0 aliphatic heterocycles. The molecule has 14 heteroatoms. The molecule has 1 fully saturated rings. The molecule has 0 bridgehead atoms. The number of carbonyl (C=O) groups excluding carboxylic acids is 2. The van der Waals surface area contributed by atoms with Crippen molar-refractivity contribution in [3.8, 4) is 0 Å². The second-order valence-corrected chi connectivity index (χ2v) is 12.7. The quantitative estimate of drug-likeness (QED) is 0.251. The van der Waals surface area contributed by atoms with E-state index in [1.165, 1.54) is 33.9 Å². The van der Waals surface area contributed by atoms with E-state index in [0.29, 0.717) is 11.2 Å². The molecule has 2 N–H and O–H groups in total. The monoisotopic (exact) mass is 611 g/mol. The summed E-state index contributed by atoms with van der Waals surface area (Å²) < 4.78 is 71.1. The van der Waals surface area contributed by atoms with E-state index in [1.54, 1.807) is 6.07 Å². The third-order valence-corrected chi connectivity index (χ3v) is 7.89. The third-order valence-electron chi connectivity index (χ3n) is 7.89. The van der Waals surface area contributed by atoms with E-state index in [4.69, 9.17) is 0 Å². The van der Waals surface area contributed by atoms with Crippen molar-refractivity contribution >= 4 is 17.5 Å². The van der Waals surface area contributed by atoms with Crippen LogP contribution in [0.4, 0.5) is 22.0 Å². The molecule has 0 aromatic carbocycles. The number of hydrogen-bond donors (Lipinski definition) is 2. The molecule has 2 amide bonds. The average Bonchev–Trinajstić information content (AvgIpc) is 3.52. The summed E-state index contributed by atoms with van der Waals surface area (Å²) in [6.45, 7) is 9.57. The predicted molar refractivity (Wildman–Crippen MR) is 148 cm³/mol. The van der Waals surface area contributed by atoms with Crippen LogP contribution < -0.4 is 10.6 Å². The van der Waals surface area contributed by atoms with Crippen molar-refractivity contribution in [3.05, 3.63) is 47.7 Å². The van der Waals surface area contributed by atoms with Gasteiger partial charge in [0.1, 0.15) is 5.69 Å². The van der Waals surface area contributed by atoms with Gasteiger partial charge in [-0.25, -0.2) is 18.3 Å². The first-order chi connectivity index (χ1) is 19.9. The Labute approximate surface area is 246 Å². The lowest BCUT2D eigenvalue weighted by Gasteiger charge is -2.35. The van der Waals surface area contributed by atoms with Gasteiger partial charge in [0, 0.05) is 31.5 Å². The largest absolute Gasteiger partial charge is 0.394 e. The number of halogens is 5. The molecule has 3 aromatic rings. The average molecular weight is 612 g/mol. The maximum absolute atomic E-state index is 13.9. The SMILES string of the molecule is CC(C)[C@@H](NC(=O)CC1CC(F)(F)C1)c1cnn2cc([C@H](CC(C)(C)C(F)(F)F)NC(=O)c3ccnn3C(C)C)nc2c1. The van der Waals surface area contributed by atoms with E-state index < -0.39 is 41.9 Å². The van der Waals surface area contributed by atoms with Crippen LogP contribution in [0, 0.1) is 17.3 Å². The van der Waals surface area contributed by atoms with E-state index in [-0.39, 0.29) is 54.4 Å². The summed E-state index contributed by atoms with van der Waals surface area (Å²) in [4.78, 5) is 30.4. The zero-order valence-corrected chi connectivity index (χ0v) is 25.0. The number of aromatic nitrogens is 5. The first-order valence-corrected chi connectivity index (χ1v) is 14.3. The molecule has 0 saturated heterocycles. The molecule has 0 spiro atoms. The minimum Gasteiger partial charge on any atom is -0.349 e. The molecule has 1 aliphatic rings. The van der Waals surface area contributed by atoms with Gasteiger partial charge >= 0.3 is 6.18 Å². The first-order valence-electron chi connectivity index (χ1n) is 14.3. The minimum atomic E-state index is -4.54. The molecule has 3 heterocycles. The van der Waals surface area contributed by atoms with E-state index >= 15 is 0 Å². The van der Waals surface area contributed by atoms with Gasteiger partial charge in [0.2, 0.25) is 11.8 Å². The van der Waals surface area contributed by atoms with Crippen molar-refractivity contribution in [2.24, 2.45) is 17.3 Å². The normalized spacial score (nSPS) is 17.2. The van der Waals surface area contributed by atoms with E-state index in [2.05, 4.69) is 25.8 Å². The summed E-state index contributed by atoms with van der Waals surface area (Å²) in [6.07, 6.45) is -1.21. The molecule has 1 aliphatic carbocycles. The maximum Gasteiger partial charge on any atom is 0.394 e. The van der Waals surface area contributed by atoms with E-state index in [0.717, 1.165) is 13.8 Å². The van der Waals surface area contributed by atoms with Gasteiger partial charge in [-0.15, -0.1) is 0 Å². The smallest absolute Gasteiger partial charge is 0.349 e. The van der Waals surface area contributed by atoms with Gasteiger partial charge in [0.05, 0.1) is 35.6 Å². The van der Waals surface area contributed by atoms with Crippen molar-refractivity contribution in [3.63, 3.8) is 0 Å². The highest BCUT2D eigenvalue weighted by Gasteiger charge is 2.49. The Morgan fingerprint density at radius 1 is 1.09 bits per heavy atom. The molecule has 0 radical (unpaired) electrons. The van der Waals surface area contributed by atoms with Crippen LogP contribution in [0.2, 0.25) is 0 Å². The number of amides is 2. The number of nitrogens with one attached hydrogen (secondary N) is 2. The molecule has 3 aromatic heterocycles. The van der Waals surface area contributed by atoms with Crippen LogP contribution in [0.1, 0.15) is 107 Å². The van der Waals surface area contributed by atoms with Crippen LogP contribution in [0.5, 0.6) is 0 Å². The van der Waals surface area contributed by atoms with E-state index in [1.807, 2.05) is 27.7 Å². The Kier molecular flexibility index (Phi) is 8.90. The fraction of sp³-hybridized carbons (Fsp3) is 0.621. The zero-order valence-electron chi connectivity index (χ0n) is 25.0. The van der Waals surface area contributed by atoms with Crippen LogP contribution in [0.25, 0.3) is 5.65 Å². The van der Waals surface area contributed by atoms with Crippen molar-refractivity contribution < 1.29 is 31.5 Å². The van der Waals surface area contributed by atoms with Crippen molar-refractivity contribution in [1.29, 1.82) is 0 Å². The fourth-order valence-corrected chi connectivity index (χ4v) is 5.30. The Balaban J connectivity index is 1.61. The van der Waals surface area contributed by atoms with Gasteiger partial charge in [0.15, 0.2) is 5.65 Å². The molecule has 43 heavy (non-hydrogen) atoms. The summed E-state index contributed by atoms with van der Waals surface area (Å²) in [7, 11) is 0. The van der Waals surface area contributed by atoms with Crippen LogP contribution in [0.3, 0.4) is 0 Å². The van der Waals surface area contributed by atoms with Gasteiger partial charge in [-0.2, -0.15) is 23.4 Å². The Morgan fingerprint density at radius 3 is 2.35 bits per heavy atom. The third kappa shape index (κ3) is 7.32. The Hall–Kier alpha value is -3.58. The lowest BCUT2D eigenvalue weighted by Crippen LogP contribution is -2.40. The minimum absolute atomic E-state index is 0.00586. The highest BCUT2D eigenvalue weighted by molar-refractivity contribution is 5.92. The number of alkyl halides is 5. The first kappa shape index (κ1) is 32.3. The fourth-order valence-electron chi connectivity index (χ4n) is 5.30. The summed E-state index contributed by atoms with van der Waals surface area (Å²) >= 11 is 0. The standard InChI is InChI=1S/C29H38F5N7O2/c1-16(2)25(39-24(42)9-18-11-28(30,31)12-18)19-10-23-37-21(15-40(23)36-14-19)20(13-27(5,6)29(32,33)34)38-26(43)22-7-8-35-41(22)17(3)4/h7-8,10,14-18,20,25H,9,11-13H2,1-6H3,(H,38,43)(H,39,42)/t20-,25+/m0/s1. The van der Waals surface area contributed by atoms with E-state index in [9.17, 15) is 31.5 Å². The van der Waals surface area contributed by atoms with Crippen LogP contribution in [-0.4, -0.2) is 48.3 Å². The lowest BCUT2D eigenvalue weighted by molar-refractivity contribution is -0.215. The zero-order chi connectivity index (χ0) is 31.9. The number of rotatable bonds is 11. The molecular weight excluding hydrogens is 573 g/mol. The van der Waals surface area contributed by atoms with Gasteiger partial charge < -0.3 is 10.6 Å². The van der Waals surface area contributed by atoms with Crippen molar-refractivity contribution in [2.45, 2.75) is 97.5 Å². The molecular formula is C29H38F5N7O2. The van der Waals surface area contributed by atoms with Crippen LogP contribution >= 0.6 is 0 Å². The topological polar surface area (TPSA) is 106 Å². The molecule has 1 saturated carbocycles. The summed E-state index contributed by atoms with van der Waals surface area (Å²) in [5.74, 6) is -4.10. The van der Waals surface area contributed by atoms with Gasteiger partial charge in [-0.05, 0) is 49.8 Å². The number of imidazole rings is 1. The molecule has 0 unspecified atom stereocenters. The van der Waals surface area contributed by atoms with Crippen LogP contribution in [-0.2, 0) is 4.79 Å². The highest BCUT2D eigenvalue weighted by atomic mass is 19.4. The summed E-state index contributed by atoms with van der Waals surface area (Å²) in [6, 6.07) is 1.39. The highest BCUT2D eigenvalue weighted by Crippen LogP contribution is 2.45. The maximum atomic E-state index is 13.9. The van der Waals surface area contributed by atoms with Gasteiger partial charge in [0.25, 0.3) is 5.91 Å². The summed E-state index contributed by atoms with van der Waals surface area (Å²) in [5, 5.41) is 14.1. The predicted octanol–water partition coefficient (Wildman–Crippen LogP) is 6.21. The Morgan fingerprint density at radius 2 is 1.77 bits per heavy atom. The van der Waals surface area contributed by atoms with Crippen molar-refractivity contribution in [2.75, 3.05) is 0 Å². The van der Waals surface area contributed by atoms with Crippen molar-refractivity contribution in [1.82, 2.24) is 35.0 Å². The number of fused-ring (bicyclic) bond motifs is 1. The second-order valence-electron chi connectivity index (χ2n) is 12.7.